The highest BCUT2D eigenvalue weighted by molar-refractivity contribution is 5.25. The van der Waals surface area contributed by atoms with E-state index in [1.54, 1.807) is 12.1 Å². The molecule has 1 aromatic rings. The van der Waals surface area contributed by atoms with Crippen LogP contribution in [0.5, 0.6) is 5.75 Å². The highest BCUT2D eigenvalue weighted by Gasteiger charge is 1.94. The van der Waals surface area contributed by atoms with Gasteiger partial charge < -0.3 is 9.84 Å². The summed E-state index contributed by atoms with van der Waals surface area (Å²) in [6.45, 7) is 4.21. The molecule has 0 saturated carbocycles. The van der Waals surface area contributed by atoms with Crippen LogP contribution >= 0.6 is 0 Å². The van der Waals surface area contributed by atoms with Gasteiger partial charge in [0, 0.05) is 0 Å². The molecule has 0 amide bonds. The Morgan fingerprint density at radius 3 is 2.20 bits per heavy atom. The summed E-state index contributed by atoms with van der Waals surface area (Å²) in [6.07, 6.45) is 4.94. The van der Waals surface area contributed by atoms with Gasteiger partial charge in [-0.2, -0.15) is 0 Å². The molecule has 2 rings (SSSR count). The van der Waals surface area contributed by atoms with Gasteiger partial charge in [-0.3, -0.25) is 0 Å². The number of phenols is 1. The number of benzene rings is 1. The summed E-state index contributed by atoms with van der Waals surface area (Å²) in [4.78, 5) is 0. The van der Waals surface area contributed by atoms with E-state index >= 15 is 0 Å². The van der Waals surface area contributed by atoms with E-state index in [4.69, 9.17) is 5.11 Å². The normalized spacial score (nSPS) is 12.9. The standard InChI is InChI=1S/C11H16O.C2H4O/c1-2-3-4-5-10-6-8-11(12)9-7-10;1-2-3-1/h6-9,12H,2-5H2,1H3;1-2H2. The molecular formula is C13H20O2. The van der Waals surface area contributed by atoms with Crippen LogP contribution in [0.3, 0.4) is 0 Å². The lowest BCUT2D eigenvalue weighted by Crippen LogP contribution is -1.83. The van der Waals surface area contributed by atoms with Crippen molar-refractivity contribution >= 4 is 0 Å². The van der Waals surface area contributed by atoms with Gasteiger partial charge in [0.25, 0.3) is 0 Å². The van der Waals surface area contributed by atoms with Crippen LogP contribution in [0.25, 0.3) is 0 Å². The molecule has 0 bridgehead atoms. The molecule has 1 aliphatic heterocycles. The zero-order chi connectivity index (χ0) is 10.9. The van der Waals surface area contributed by atoms with Crippen molar-refractivity contribution in [1.29, 1.82) is 0 Å². The van der Waals surface area contributed by atoms with Crippen LogP contribution in [0.4, 0.5) is 0 Å². The van der Waals surface area contributed by atoms with Gasteiger partial charge >= 0.3 is 0 Å². The van der Waals surface area contributed by atoms with Crippen LogP contribution < -0.4 is 0 Å². The topological polar surface area (TPSA) is 32.8 Å². The van der Waals surface area contributed by atoms with Crippen molar-refractivity contribution in [2.45, 2.75) is 32.6 Å². The van der Waals surface area contributed by atoms with Crippen LogP contribution in [-0.2, 0) is 11.2 Å². The zero-order valence-corrected chi connectivity index (χ0v) is 9.41. The van der Waals surface area contributed by atoms with E-state index in [1.807, 2.05) is 12.1 Å². The fourth-order valence-corrected chi connectivity index (χ4v) is 1.24. The molecule has 1 saturated heterocycles. The Morgan fingerprint density at radius 2 is 1.73 bits per heavy atom. The molecule has 0 aliphatic carbocycles. The summed E-state index contributed by atoms with van der Waals surface area (Å²) in [6, 6.07) is 7.48. The lowest BCUT2D eigenvalue weighted by atomic mass is 10.1. The highest BCUT2D eigenvalue weighted by atomic mass is 16.6. The first-order valence-corrected chi connectivity index (χ1v) is 5.68. The largest absolute Gasteiger partial charge is 0.508 e. The molecule has 0 spiro atoms. The molecule has 1 aliphatic rings. The minimum Gasteiger partial charge on any atom is -0.508 e. The second kappa shape index (κ2) is 7.30. The van der Waals surface area contributed by atoms with Crippen molar-refractivity contribution in [3.05, 3.63) is 29.8 Å². The number of rotatable bonds is 4. The monoisotopic (exact) mass is 208 g/mol. The Bertz CT molecular complexity index is 249. The van der Waals surface area contributed by atoms with E-state index in [1.165, 1.54) is 24.8 Å². The number of ether oxygens (including phenoxy) is 1. The molecule has 15 heavy (non-hydrogen) atoms. The second-order valence-corrected chi connectivity index (χ2v) is 3.74. The molecule has 1 fully saturated rings. The van der Waals surface area contributed by atoms with Crippen LogP contribution in [0.1, 0.15) is 31.7 Å². The third-order valence-corrected chi connectivity index (χ3v) is 2.21. The van der Waals surface area contributed by atoms with Crippen molar-refractivity contribution in [3.63, 3.8) is 0 Å². The molecule has 0 aromatic heterocycles. The van der Waals surface area contributed by atoms with Crippen molar-refractivity contribution in [2.75, 3.05) is 13.2 Å². The predicted molar refractivity (Wildman–Crippen MR) is 62.2 cm³/mol. The number of unbranched alkanes of at least 4 members (excludes halogenated alkanes) is 2. The van der Waals surface area contributed by atoms with E-state index in [9.17, 15) is 0 Å². The molecule has 1 aromatic carbocycles. The smallest absolute Gasteiger partial charge is 0.115 e. The number of aromatic hydroxyl groups is 1. The van der Waals surface area contributed by atoms with Gasteiger partial charge in [0.2, 0.25) is 0 Å². The number of phenolic OH excluding ortho intramolecular Hbond substituents is 1. The van der Waals surface area contributed by atoms with E-state index in [2.05, 4.69) is 11.7 Å². The fraction of sp³-hybridized carbons (Fsp3) is 0.538. The van der Waals surface area contributed by atoms with Gasteiger partial charge in [-0.15, -0.1) is 0 Å². The zero-order valence-electron chi connectivity index (χ0n) is 9.41. The predicted octanol–water partition coefficient (Wildman–Crippen LogP) is 3.14. The highest BCUT2D eigenvalue weighted by Crippen LogP contribution is 2.12. The van der Waals surface area contributed by atoms with E-state index in [0.717, 1.165) is 19.6 Å². The summed E-state index contributed by atoms with van der Waals surface area (Å²) in [5, 5.41) is 9.03. The van der Waals surface area contributed by atoms with Gasteiger partial charge in [0.15, 0.2) is 0 Å². The van der Waals surface area contributed by atoms with Gasteiger partial charge in [0.05, 0.1) is 13.2 Å². The quantitative estimate of drug-likeness (QED) is 0.609. The van der Waals surface area contributed by atoms with Crippen LogP contribution in [-0.4, -0.2) is 18.3 Å². The average molecular weight is 208 g/mol. The molecule has 2 heteroatoms. The van der Waals surface area contributed by atoms with E-state index < -0.39 is 0 Å². The van der Waals surface area contributed by atoms with Gasteiger partial charge in [-0.1, -0.05) is 31.9 Å². The number of hydrogen-bond donors (Lipinski definition) is 1. The molecule has 1 heterocycles. The molecule has 2 nitrogen and oxygen atoms in total. The van der Waals surface area contributed by atoms with Gasteiger partial charge in [0.1, 0.15) is 5.75 Å². The second-order valence-electron chi connectivity index (χ2n) is 3.74. The summed E-state index contributed by atoms with van der Waals surface area (Å²) in [5.74, 6) is 0.356. The summed E-state index contributed by atoms with van der Waals surface area (Å²) in [7, 11) is 0. The SMILES string of the molecule is C1CO1.CCCCCc1ccc(O)cc1. The molecule has 1 N–H and O–H groups in total. The first kappa shape index (κ1) is 12.1. The maximum atomic E-state index is 9.03. The third kappa shape index (κ3) is 6.97. The van der Waals surface area contributed by atoms with Crippen LogP contribution in [0.2, 0.25) is 0 Å². The first-order valence-electron chi connectivity index (χ1n) is 5.68. The Hall–Kier alpha value is -1.02. The Balaban J connectivity index is 0.000000319. The number of epoxide rings is 1. The third-order valence-electron chi connectivity index (χ3n) is 2.21. The maximum absolute atomic E-state index is 9.03. The van der Waals surface area contributed by atoms with Gasteiger partial charge in [-0.25, -0.2) is 0 Å². The first-order chi connectivity index (χ1) is 7.33. The summed E-state index contributed by atoms with van der Waals surface area (Å²) in [5.41, 5.74) is 1.32. The van der Waals surface area contributed by atoms with Crippen molar-refractivity contribution < 1.29 is 9.84 Å². The van der Waals surface area contributed by atoms with Gasteiger partial charge in [-0.05, 0) is 30.5 Å². The number of hydrogen-bond acceptors (Lipinski definition) is 2. The molecular weight excluding hydrogens is 188 g/mol. The van der Waals surface area contributed by atoms with Crippen LogP contribution in [0.15, 0.2) is 24.3 Å². The summed E-state index contributed by atoms with van der Waals surface area (Å²) >= 11 is 0. The maximum Gasteiger partial charge on any atom is 0.115 e. The fourth-order valence-electron chi connectivity index (χ4n) is 1.24. The molecule has 0 radical (unpaired) electrons. The lowest BCUT2D eigenvalue weighted by molar-refractivity contribution is 0.475. The average Bonchev–Trinajstić information content (AvgIpc) is 3.08. The lowest BCUT2D eigenvalue weighted by Gasteiger charge is -1.99. The molecule has 0 atom stereocenters. The Kier molecular flexibility index (Phi) is 5.86. The minimum atomic E-state index is 0.356. The van der Waals surface area contributed by atoms with Crippen molar-refractivity contribution in [3.8, 4) is 5.75 Å². The van der Waals surface area contributed by atoms with E-state index in [0.29, 0.717) is 5.75 Å². The molecule has 84 valence electrons. The van der Waals surface area contributed by atoms with Crippen molar-refractivity contribution in [2.24, 2.45) is 0 Å². The summed E-state index contributed by atoms with van der Waals surface area (Å²) < 4.78 is 4.50. The number of aryl methyl sites for hydroxylation is 1. The van der Waals surface area contributed by atoms with E-state index in [-0.39, 0.29) is 0 Å². The Labute approximate surface area is 91.9 Å². The molecule has 0 unspecified atom stereocenters. The Morgan fingerprint density at radius 1 is 1.13 bits per heavy atom. The minimum absolute atomic E-state index is 0.356. The van der Waals surface area contributed by atoms with Crippen molar-refractivity contribution in [1.82, 2.24) is 0 Å². The van der Waals surface area contributed by atoms with Crippen LogP contribution in [0, 0.1) is 0 Å².